The molecule has 4 nitrogen and oxygen atoms in total. The van der Waals surface area contributed by atoms with E-state index in [2.05, 4.69) is 66.7 Å². The molecule has 0 saturated heterocycles. The normalized spacial score (nSPS) is 12.0. The van der Waals surface area contributed by atoms with Gasteiger partial charge in [0, 0.05) is 38.4 Å². The van der Waals surface area contributed by atoms with E-state index in [1.807, 2.05) is 66.7 Å². The summed E-state index contributed by atoms with van der Waals surface area (Å²) in [7, 11) is 0. The van der Waals surface area contributed by atoms with E-state index in [0.29, 0.717) is 5.82 Å². The molecule has 6 aromatic carbocycles. The molecule has 0 atom stereocenters. The van der Waals surface area contributed by atoms with Gasteiger partial charge in [-0.3, -0.25) is 0 Å². The summed E-state index contributed by atoms with van der Waals surface area (Å²) >= 11 is 0. The van der Waals surface area contributed by atoms with E-state index < -0.39 is 0 Å². The van der Waals surface area contributed by atoms with Crippen molar-refractivity contribution in [1.82, 2.24) is 9.97 Å². The largest absolute Gasteiger partial charge is 0.456 e. The number of nitrogens with zero attached hydrogens (tertiary/aromatic N) is 2. The first-order valence-corrected chi connectivity index (χ1v) is 14.0. The number of aromatic nitrogens is 2. The first-order valence-electron chi connectivity index (χ1n) is 14.0. The van der Waals surface area contributed by atoms with E-state index in [0.717, 1.165) is 77.9 Å². The van der Waals surface area contributed by atoms with Crippen LogP contribution >= 0.6 is 0 Å². The lowest BCUT2D eigenvalue weighted by Crippen LogP contribution is -1.99. The Kier molecular flexibility index (Phi) is 4.87. The van der Waals surface area contributed by atoms with Crippen LogP contribution in [0.15, 0.2) is 138 Å². The summed E-state index contributed by atoms with van der Waals surface area (Å²) in [6.45, 7) is 0. The Morgan fingerprint density at radius 1 is 0.452 bits per heavy atom. The van der Waals surface area contributed by atoms with Crippen LogP contribution in [-0.2, 0) is 0 Å². The fourth-order valence-electron chi connectivity index (χ4n) is 6.16. The molecule has 0 radical (unpaired) electrons. The lowest BCUT2D eigenvalue weighted by atomic mass is 9.93. The van der Waals surface area contributed by atoms with Crippen LogP contribution in [0, 0.1) is 0 Å². The summed E-state index contributed by atoms with van der Waals surface area (Å²) in [6, 6.07) is 45.5. The van der Waals surface area contributed by atoms with Gasteiger partial charge >= 0.3 is 0 Å². The Morgan fingerprint density at radius 3 is 2.14 bits per heavy atom. The molecule has 9 rings (SSSR count). The average Bonchev–Trinajstić information content (AvgIpc) is 3.44. The molecule has 196 valence electrons. The Morgan fingerprint density at radius 2 is 1.21 bits per heavy atom. The zero-order valence-electron chi connectivity index (χ0n) is 22.4. The second-order valence-corrected chi connectivity index (χ2v) is 10.6. The highest BCUT2D eigenvalue weighted by Crippen LogP contribution is 2.47. The van der Waals surface area contributed by atoms with Crippen molar-refractivity contribution >= 4 is 32.7 Å². The van der Waals surface area contributed by atoms with E-state index in [9.17, 15) is 0 Å². The Hall–Kier alpha value is -5.74. The van der Waals surface area contributed by atoms with E-state index in [-0.39, 0.29) is 0 Å². The van der Waals surface area contributed by atoms with E-state index >= 15 is 0 Å². The molecule has 42 heavy (non-hydrogen) atoms. The van der Waals surface area contributed by atoms with Crippen molar-refractivity contribution in [2.45, 2.75) is 0 Å². The van der Waals surface area contributed by atoms with Gasteiger partial charge < -0.3 is 9.15 Å². The van der Waals surface area contributed by atoms with Crippen LogP contribution in [0.1, 0.15) is 0 Å². The standard InChI is InChI=1S/C38H22N2O2/c1-2-9-24(10-3-1)38-39-30(22-31(40-38)27-15-8-18-35-37(27)28-13-4-5-16-32(28)41-35)25-19-20-33-29(21-25)26-14-6-11-23-12-7-17-34(42-33)36(23)26/h1-22H. The topological polar surface area (TPSA) is 48.2 Å². The van der Waals surface area contributed by atoms with Crippen LogP contribution in [0.4, 0.5) is 0 Å². The first-order chi connectivity index (χ1) is 20.8. The van der Waals surface area contributed by atoms with Gasteiger partial charge in [-0.05, 0) is 53.4 Å². The fourth-order valence-corrected chi connectivity index (χ4v) is 6.16. The minimum Gasteiger partial charge on any atom is -0.456 e. The molecular weight excluding hydrogens is 516 g/mol. The molecule has 0 saturated carbocycles. The molecule has 0 bridgehead atoms. The summed E-state index contributed by atoms with van der Waals surface area (Å²) in [4.78, 5) is 10.2. The number of ether oxygens (including phenoxy) is 1. The Bertz CT molecular complexity index is 2330. The molecule has 2 aromatic heterocycles. The van der Waals surface area contributed by atoms with Crippen molar-refractivity contribution in [3.8, 4) is 56.5 Å². The van der Waals surface area contributed by atoms with Crippen molar-refractivity contribution in [2.75, 3.05) is 0 Å². The maximum Gasteiger partial charge on any atom is 0.160 e. The second-order valence-electron chi connectivity index (χ2n) is 10.6. The highest BCUT2D eigenvalue weighted by atomic mass is 16.5. The van der Waals surface area contributed by atoms with Gasteiger partial charge in [0.1, 0.15) is 22.7 Å². The number of benzene rings is 6. The van der Waals surface area contributed by atoms with Gasteiger partial charge in [0.2, 0.25) is 0 Å². The van der Waals surface area contributed by atoms with E-state index in [1.54, 1.807) is 0 Å². The van der Waals surface area contributed by atoms with Crippen LogP contribution in [0.5, 0.6) is 11.5 Å². The third kappa shape index (κ3) is 3.49. The van der Waals surface area contributed by atoms with Gasteiger partial charge in [-0.15, -0.1) is 0 Å². The zero-order chi connectivity index (χ0) is 27.6. The summed E-state index contributed by atoms with van der Waals surface area (Å²) in [5, 5.41) is 4.43. The van der Waals surface area contributed by atoms with Gasteiger partial charge in [0.15, 0.2) is 5.82 Å². The molecular formula is C38H22N2O2. The Balaban J connectivity index is 1.28. The molecule has 0 fully saturated rings. The van der Waals surface area contributed by atoms with Gasteiger partial charge in [0.05, 0.1) is 11.4 Å². The number of furan rings is 1. The Labute approximate surface area is 241 Å². The summed E-state index contributed by atoms with van der Waals surface area (Å²) in [6.07, 6.45) is 0. The molecule has 0 aliphatic carbocycles. The number of fused-ring (bicyclic) bond motifs is 5. The molecule has 8 aromatic rings. The van der Waals surface area contributed by atoms with Crippen molar-refractivity contribution in [3.05, 3.63) is 133 Å². The van der Waals surface area contributed by atoms with Gasteiger partial charge in [-0.1, -0.05) is 91.0 Å². The van der Waals surface area contributed by atoms with Crippen molar-refractivity contribution in [1.29, 1.82) is 0 Å². The molecule has 3 heterocycles. The van der Waals surface area contributed by atoms with Crippen LogP contribution in [0.2, 0.25) is 0 Å². The fraction of sp³-hybridized carbons (Fsp3) is 0. The maximum atomic E-state index is 6.36. The van der Waals surface area contributed by atoms with Crippen LogP contribution in [0.3, 0.4) is 0 Å². The summed E-state index contributed by atoms with van der Waals surface area (Å²) in [5.41, 5.74) is 8.59. The molecule has 0 spiro atoms. The smallest absolute Gasteiger partial charge is 0.160 e. The van der Waals surface area contributed by atoms with Crippen molar-refractivity contribution in [3.63, 3.8) is 0 Å². The first kappa shape index (κ1) is 23.0. The highest BCUT2D eigenvalue weighted by molar-refractivity contribution is 6.12. The quantitative estimate of drug-likeness (QED) is 0.224. The zero-order valence-corrected chi connectivity index (χ0v) is 22.4. The van der Waals surface area contributed by atoms with Crippen LogP contribution < -0.4 is 4.74 Å². The number of hydrogen-bond donors (Lipinski definition) is 0. The predicted octanol–water partition coefficient (Wildman–Crippen LogP) is 10.3. The van der Waals surface area contributed by atoms with Crippen molar-refractivity contribution < 1.29 is 9.15 Å². The minimum atomic E-state index is 0.675. The summed E-state index contributed by atoms with van der Waals surface area (Å²) in [5.74, 6) is 2.41. The minimum absolute atomic E-state index is 0.675. The second kappa shape index (κ2) is 8.88. The predicted molar refractivity (Wildman–Crippen MR) is 169 cm³/mol. The van der Waals surface area contributed by atoms with Crippen LogP contribution in [-0.4, -0.2) is 9.97 Å². The molecule has 0 unspecified atom stereocenters. The number of rotatable bonds is 3. The lowest BCUT2D eigenvalue weighted by molar-refractivity contribution is 0.487. The number of para-hydroxylation sites is 1. The van der Waals surface area contributed by atoms with Gasteiger partial charge in [-0.25, -0.2) is 9.97 Å². The van der Waals surface area contributed by atoms with Crippen LogP contribution in [0.25, 0.3) is 77.7 Å². The molecule has 0 N–H and O–H groups in total. The van der Waals surface area contributed by atoms with E-state index in [4.69, 9.17) is 19.1 Å². The molecule has 1 aliphatic rings. The highest BCUT2D eigenvalue weighted by Gasteiger charge is 2.21. The SMILES string of the molecule is c1ccc(-c2nc(-c3ccc4c(c3)-c3cccc5cccc(c35)O4)cc(-c3cccc4oc5ccccc5c34)n2)cc1. The maximum absolute atomic E-state index is 6.36. The number of hydrogen-bond acceptors (Lipinski definition) is 4. The lowest BCUT2D eigenvalue weighted by Gasteiger charge is -2.22. The van der Waals surface area contributed by atoms with E-state index in [1.165, 1.54) is 5.56 Å². The molecule has 0 amide bonds. The van der Waals surface area contributed by atoms with Crippen molar-refractivity contribution in [2.24, 2.45) is 0 Å². The molecule has 4 heteroatoms. The summed E-state index contributed by atoms with van der Waals surface area (Å²) < 4.78 is 12.6. The average molecular weight is 539 g/mol. The van der Waals surface area contributed by atoms with Gasteiger partial charge in [0.25, 0.3) is 0 Å². The third-order valence-electron chi connectivity index (χ3n) is 8.09. The molecule has 1 aliphatic heterocycles. The monoisotopic (exact) mass is 538 g/mol. The third-order valence-corrected chi connectivity index (χ3v) is 8.09. The van der Waals surface area contributed by atoms with Gasteiger partial charge in [-0.2, -0.15) is 0 Å².